The fraction of sp³-hybridized carbons (Fsp3) is 1.00. The molecule has 5 heteroatoms. The van der Waals surface area contributed by atoms with E-state index in [2.05, 4.69) is 5.73 Å². The van der Waals surface area contributed by atoms with Crippen LogP contribution >= 0.6 is 7.60 Å². The first-order valence-electron chi connectivity index (χ1n) is 1.40. The van der Waals surface area contributed by atoms with Gasteiger partial charge in [0.2, 0.25) is 0 Å². The van der Waals surface area contributed by atoms with Gasteiger partial charge in [-0.1, -0.05) is 0 Å². The Balaban J connectivity index is 3.48. The highest BCUT2D eigenvalue weighted by molar-refractivity contribution is 7.51. The third-order valence-electron chi connectivity index (χ3n) is 0.291. The normalized spacial score (nSPS) is 11.8. The molecule has 0 aromatic carbocycles. The van der Waals surface area contributed by atoms with Gasteiger partial charge in [-0.15, -0.1) is 0 Å². The average molecular weight is 112 g/mol. The van der Waals surface area contributed by atoms with E-state index in [4.69, 9.17) is 9.79 Å². The Kier molecular flexibility index (Phi) is 1.74. The molecule has 0 unspecified atom stereocenters. The van der Waals surface area contributed by atoms with Gasteiger partial charge < -0.3 is 15.5 Å². The first kappa shape index (κ1) is 6.11. The van der Waals surface area contributed by atoms with E-state index < -0.39 is 7.60 Å². The molecule has 0 bridgehead atoms. The minimum atomic E-state index is -3.76. The highest BCUT2D eigenvalue weighted by Crippen LogP contribution is 2.29. The summed E-state index contributed by atoms with van der Waals surface area (Å²) in [5, 5.41) is 0. The van der Waals surface area contributed by atoms with Crippen LogP contribution in [0.5, 0.6) is 0 Å². The first-order valence-corrected chi connectivity index (χ1v) is 3.20. The maximum absolute atomic E-state index is 9.63. The molecular formula is CH7NO3P+. The third kappa shape index (κ3) is 4.11. The molecule has 0 spiro atoms. The molecule has 5 N–H and O–H groups in total. The van der Waals surface area contributed by atoms with Crippen LogP contribution < -0.4 is 5.73 Å². The summed E-state index contributed by atoms with van der Waals surface area (Å²) in [6, 6.07) is 0. The number of hydrogen-bond donors (Lipinski definition) is 3. The van der Waals surface area contributed by atoms with Gasteiger partial charge in [0, 0.05) is 0 Å². The number of hydrogen-bond acceptors (Lipinski definition) is 1. The molecule has 0 aliphatic heterocycles. The molecule has 4 nitrogen and oxygen atoms in total. The minimum Gasteiger partial charge on any atom is -0.348 e. The van der Waals surface area contributed by atoms with Crippen LogP contribution in [0.15, 0.2) is 0 Å². The zero-order valence-corrected chi connectivity index (χ0v) is 4.06. The van der Waals surface area contributed by atoms with Gasteiger partial charge in [-0.2, -0.15) is 0 Å². The zero-order chi connectivity index (χ0) is 5.21. The number of rotatable bonds is 1. The van der Waals surface area contributed by atoms with Gasteiger partial charge in [0.1, 0.15) is 0 Å². The summed E-state index contributed by atoms with van der Waals surface area (Å²) in [4.78, 5) is 15.8. The molecule has 0 heterocycles. The zero-order valence-electron chi connectivity index (χ0n) is 3.16. The van der Waals surface area contributed by atoms with E-state index in [1.54, 1.807) is 0 Å². The highest BCUT2D eigenvalue weighted by atomic mass is 31.2. The summed E-state index contributed by atoms with van der Waals surface area (Å²) < 4.78 is 9.63. The predicted molar refractivity (Wildman–Crippen MR) is 19.8 cm³/mol. The fourth-order valence-corrected chi connectivity index (χ4v) is 0. The van der Waals surface area contributed by atoms with Crippen molar-refractivity contribution in [1.82, 2.24) is 0 Å². The van der Waals surface area contributed by atoms with Crippen LogP contribution in [-0.2, 0) is 4.57 Å². The molecule has 0 aromatic rings. The van der Waals surface area contributed by atoms with Gasteiger partial charge in [0.05, 0.1) is 0 Å². The second-order valence-electron chi connectivity index (χ2n) is 0.888. The molecule has 0 saturated carbocycles. The smallest absolute Gasteiger partial charge is 0.348 e. The van der Waals surface area contributed by atoms with Gasteiger partial charge in [-0.3, -0.25) is 4.57 Å². The lowest BCUT2D eigenvalue weighted by molar-refractivity contribution is -0.345. The van der Waals surface area contributed by atoms with E-state index in [9.17, 15) is 4.57 Å². The minimum absolute atomic E-state index is 0.312. The van der Waals surface area contributed by atoms with E-state index >= 15 is 0 Å². The van der Waals surface area contributed by atoms with Gasteiger partial charge in [0.15, 0.2) is 6.29 Å². The van der Waals surface area contributed by atoms with Gasteiger partial charge in [-0.05, 0) is 0 Å². The van der Waals surface area contributed by atoms with Crippen molar-refractivity contribution in [3.05, 3.63) is 0 Å². The van der Waals surface area contributed by atoms with Gasteiger partial charge in [-0.25, -0.2) is 0 Å². The SMILES string of the molecule is [NH3+]CP(=O)(O)O. The van der Waals surface area contributed by atoms with Crippen LogP contribution in [0.3, 0.4) is 0 Å². The molecular weight excluding hydrogens is 105 g/mol. The maximum atomic E-state index is 9.63. The fourth-order valence-electron chi connectivity index (χ4n) is 0. The van der Waals surface area contributed by atoms with Crippen molar-refractivity contribution < 1.29 is 20.1 Å². The van der Waals surface area contributed by atoms with Crippen LogP contribution in [0.1, 0.15) is 0 Å². The monoisotopic (exact) mass is 112 g/mol. The standard InChI is InChI=1S/CH6NO3P/c2-1-6(3,4)5/h1-2H2,(H2,3,4,5)/p+1. The van der Waals surface area contributed by atoms with Crippen molar-refractivity contribution in [3.63, 3.8) is 0 Å². The number of quaternary nitrogens is 1. The van der Waals surface area contributed by atoms with Gasteiger partial charge >= 0.3 is 7.60 Å². The second kappa shape index (κ2) is 1.71. The van der Waals surface area contributed by atoms with Crippen LogP contribution in [0.2, 0.25) is 0 Å². The van der Waals surface area contributed by atoms with Crippen molar-refractivity contribution in [2.24, 2.45) is 0 Å². The molecule has 0 radical (unpaired) electrons. The Morgan fingerprint density at radius 2 is 1.83 bits per heavy atom. The van der Waals surface area contributed by atoms with Crippen molar-refractivity contribution in [3.8, 4) is 0 Å². The summed E-state index contributed by atoms with van der Waals surface area (Å²) >= 11 is 0. The van der Waals surface area contributed by atoms with E-state index in [-0.39, 0.29) is 6.29 Å². The van der Waals surface area contributed by atoms with E-state index in [0.29, 0.717) is 0 Å². The van der Waals surface area contributed by atoms with E-state index in [1.807, 2.05) is 0 Å². The predicted octanol–water partition coefficient (Wildman–Crippen LogP) is -1.64. The highest BCUT2D eigenvalue weighted by Gasteiger charge is 2.09. The lowest BCUT2D eigenvalue weighted by atomic mass is 11.6. The molecule has 0 saturated heterocycles. The van der Waals surface area contributed by atoms with Crippen molar-refractivity contribution in [2.75, 3.05) is 6.29 Å². The average Bonchev–Trinajstić information content (AvgIpc) is 1.35. The molecule has 38 valence electrons. The van der Waals surface area contributed by atoms with Crippen LogP contribution in [0.4, 0.5) is 0 Å². The van der Waals surface area contributed by atoms with Crippen molar-refractivity contribution in [2.45, 2.75) is 0 Å². The molecule has 0 aliphatic carbocycles. The van der Waals surface area contributed by atoms with Gasteiger partial charge in [0.25, 0.3) is 0 Å². The summed E-state index contributed by atoms with van der Waals surface area (Å²) in [6.07, 6.45) is -0.312. The molecule has 0 atom stereocenters. The molecule has 6 heavy (non-hydrogen) atoms. The summed E-state index contributed by atoms with van der Waals surface area (Å²) in [5.41, 5.74) is 2.99. The second-order valence-corrected chi connectivity index (χ2v) is 2.66. The Labute approximate surface area is 35.1 Å². The third-order valence-corrected chi connectivity index (χ3v) is 0.874. The van der Waals surface area contributed by atoms with E-state index in [1.165, 1.54) is 0 Å². The van der Waals surface area contributed by atoms with Crippen LogP contribution in [0.25, 0.3) is 0 Å². The molecule has 0 rings (SSSR count). The summed E-state index contributed by atoms with van der Waals surface area (Å²) in [7, 11) is -3.76. The molecule has 0 amide bonds. The van der Waals surface area contributed by atoms with Crippen LogP contribution in [0, 0.1) is 0 Å². The largest absolute Gasteiger partial charge is 0.379 e. The van der Waals surface area contributed by atoms with Crippen LogP contribution in [-0.4, -0.2) is 16.1 Å². The molecule has 0 aliphatic rings. The van der Waals surface area contributed by atoms with Crippen molar-refractivity contribution >= 4 is 7.60 Å². The Hall–Kier alpha value is 0.110. The topological polar surface area (TPSA) is 85.2 Å². The Bertz CT molecular complexity index is 74.9. The van der Waals surface area contributed by atoms with Crippen molar-refractivity contribution in [1.29, 1.82) is 0 Å². The summed E-state index contributed by atoms with van der Waals surface area (Å²) in [6.45, 7) is 0. The maximum Gasteiger partial charge on any atom is 0.379 e. The molecule has 0 fully saturated rings. The van der Waals surface area contributed by atoms with E-state index in [0.717, 1.165) is 0 Å². The lowest BCUT2D eigenvalue weighted by Gasteiger charge is -1.89. The first-order chi connectivity index (χ1) is 2.56. The quantitative estimate of drug-likeness (QED) is 0.356. The Morgan fingerprint density at radius 3 is 1.83 bits per heavy atom. The summed E-state index contributed by atoms with van der Waals surface area (Å²) in [5.74, 6) is 0. The molecule has 0 aromatic heterocycles. The lowest BCUT2D eigenvalue weighted by Crippen LogP contribution is -2.49. The Morgan fingerprint density at radius 1 is 1.67 bits per heavy atom.